The highest BCUT2D eigenvalue weighted by molar-refractivity contribution is 5.50. The molecule has 0 amide bonds. The molecule has 4 heteroatoms. The van der Waals surface area contributed by atoms with Crippen LogP contribution >= 0.6 is 0 Å². The third kappa shape index (κ3) is 3.22. The topological polar surface area (TPSA) is 32.5 Å². The fourth-order valence-corrected chi connectivity index (χ4v) is 3.59. The molecule has 2 unspecified atom stereocenters. The van der Waals surface area contributed by atoms with Crippen molar-refractivity contribution in [3.63, 3.8) is 0 Å². The quantitative estimate of drug-likeness (QED) is 0.924. The van der Waals surface area contributed by atoms with Gasteiger partial charge in [-0.05, 0) is 49.9 Å². The Kier molecular flexibility index (Phi) is 4.45. The van der Waals surface area contributed by atoms with Gasteiger partial charge in [0, 0.05) is 31.7 Å². The van der Waals surface area contributed by atoms with Gasteiger partial charge in [0.05, 0.1) is 5.69 Å². The third-order valence-electron chi connectivity index (χ3n) is 4.96. The summed E-state index contributed by atoms with van der Waals surface area (Å²) in [6, 6.07) is 6.39. The van der Waals surface area contributed by atoms with Crippen molar-refractivity contribution in [2.75, 3.05) is 31.1 Å². The van der Waals surface area contributed by atoms with Crippen LogP contribution in [0.2, 0.25) is 0 Å². The number of hydrogen-bond acceptors (Lipinski definition) is 3. The Bertz CT molecular complexity index is 491. The van der Waals surface area contributed by atoms with Crippen LogP contribution in [0.3, 0.4) is 0 Å². The van der Waals surface area contributed by atoms with Crippen LogP contribution < -0.4 is 10.6 Å². The molecule has 1 aromatic rings. The van der Waals surface area contributed by atoms with Crippen molar-refractivity contribution in [3.05, 3.63) is 29.6 Å². The fourth-order valence-electron chi connectivity index (χ4n) is 3.59. The number of rotatable bonds is 4. The lowest BCUT2D eigenvalue weighted by Gasteiger charge is -2.39. The average Bonchev–Trinajstić information content (AvgIpc) is 2.94. The molecule has 2 aliphatic heterocycles. The van der Waals surface area contributed by atoms with Crippen LogP contribution in [0.25, 0.3) is 0 Å². The van der Waals surface area contributed by atoms with E-state index in [-0.39, 0.29) is 11.9 Å². The van der Waals surface area contributed by atoms with E-state index in [0.717, 1.165) is 43.7 Å². The Labute approximate surface area is 126 Å². The van der Waals surface area contributed by atoms with Crippen molar-refractivity contribution in [3.8, 4) is 0 Å². The second-order valence-electron chi connectivity index (χ2n) is 6.44. The van der Waals surface area contributed by atoms with Crippen molar-refractivity contribution >= 4 is 5.69 Å². The minimum atomic E-state index is -0.0951. The Morgan fingerprint density at radius 3 is 2.95 bits per heavy atom. The minimum absolute atomic E-state index is 0.0951. The van der Waals surface area contributed by atoms with E-state index < -0.39 is 0 Å². The van der Waals surface area contributed by atoms with E-state index in [1.807, 2.05) is 12.1 Å². The first kappa shape index (κ1) is 14.8. The van der Waals surface area contributed by atoms with E-state index >= 15 is 0 Å². The molecular weight excluding hydrogens is 265 g/mol. The second-order valence-corrected chi connectivity index (χ2v) is 6.44. The summed E-state index contributed by atoms with van der Waals surface area (Å²) in [4.78, 5) is 4.76. The van der Waals surface area contributed by atoms with Gasteiger partial charge in [0.15, 0.2) is 0 Å². The Balaban J connectivity index is 1.70. The van der Waals surface area contributed by atoms with Gasteiger partial charge in [-0.25, -0.2) is 4.39 Å². The number of fused-ring (bicyclic) bond motifs is 1. The summed E-state index contributed by atoms with van der Waals surface area (Å²) < 4.78 is 14.4. The maximum absolute atomic E-state index is 14.4. The Hall–Kier alpha value is -1.13. The van der Waals surface area contributed by atoms with E-state index in [1.165, 1.54) is 19.4 Å². The van der Waals surface area contributed by atoms with Gasteiger partial charge in [-0.1, -0.05) is 13.0 Å². The number of hydrogen-bond donors (Lipinski definition) is 1. The Morgan fingerprint density at radius 1 is 1.33 bits per heavy atom. The van der Waals surface area contributed by atoms with Gasteiger partial charge >= 0.3 is 0 Å². The standard InChI is InChI=1S/C17H26FN3/c1-2-14(19)10-13-5-6-17(16(18)11-13)21-9-8-20-7-3-4-15(20)12-21/h5-6,11,14-15H,2-4,7-10,12,19H2,1H3. The maximum atomic E-state index is 14.4. The molecule has 0 saturated carbocycles. The zero-order chi connectivity index (χ0) is 14.8. The SMILES string of the molecule is CCC(N)Cc1ccc(N2CCN3CCCC3C2)c(F)c1. The summed E-state index contributed by atoms with van der Waals surface area (Å²) in [6.07, 6.45) is 4.22. The molecule has 2 fully saturated rings. The molecule has 3 rings (SSSR count). The summed E-state index contributed by atoms with van der Waals surface area (Å²) in [6.45, 7) is 6.24. The number of nitrogens with zero attached hydrogens (tertiary/aromatic N) is 2. The molecule has 2 heterocycles. The number of anilines is 1. The van der Waals surface area contributed by atoms with E-state index in [0.29, 0.717) is 6.04 Å². The number of halogens is 1. The molecule has 2 aliphatic rings. The van der Waals surface area contributed by atoms with Gasteiger partial charge in [0.1, 0.15) is 5.82 Å². The van der Waals surface area contributed by atoms with Crippen molar-refractivity contribution < 1.29 is 4.39 Å². The van der Waals surface area contributed by atoms with Crippen molar-refractivity contribution in [2.24, 2.45) is 5.73 Å². The highest BCUT2D eigenvalue weighted by atomic mass is 19.1. The molecule has 0 aliphatic carbocycles. The molecule has 1 aromatic carbocycles. The molecule has 0 radical (unpaired) electrons. The van der Waals surface area contributed by atoms with Crippen LogP contribution in [0.15, 0.2) is 18.2 Å². The molecule has 0 aromatic heterocycles. The number of benzene rings is 1. The van der Waals surface area contributed by atoms with E-state index in [9.17, 15) is 4.39 Å². The highest BCUT2D eigenvalue weighted by Gasteiger charge is 2.31. The predicted octanol–water partition coefficient (Wildman–Crippen LogP) is 2.39. The van der Waals surface area contributed by atoms with Gasteiger partial charge in [-0.2, -0.15) is 0 Å². The first-order chi connectivity index (χ1) is 10.2. The highest BCUT2D eigenvalue weighted by Crippen LogP contribution is 2.27. The van der Waals surface area contributed by atoms with Crippen LogP contribution in [0, 0.1) is 5.82 Å². The van der Waals surface area contributed by atoms with Gasteiger partial charge in [-0.3, -0.25) is 4.90 Å². The fraction of sp³-hybridized carbons (Fsp3) is 0.647. The molecular formula is C17H26FN3. The Morgan fingerprint density at radius 2 is 2.19 bits per heavy atom. The van der Waals surface area contributed by atoms with E-state index in [2.05, 4.69) is 16.7 Å². The van der Waals surface area contributed by atoms with Crippen molar-refractivity contribution in [1.29, 1.82) is 0 Å². The van der Waals surface area contributed by atoms with Gasteiger partial charge in [-0.15, -0.1) is 0 Å². The molecule has 2 saturated heterocycles. The monoisotopic (exact) mass is 291 g/mol. The largest absolute Gasteiger partial charge is 0.366 e. The normalized spacial score (nSPS) is 24.1. The van der Waals surface area contributed by atoms with Crippen molar-refractivity contribution in [2.45, 2.75) is 44.7 Å². The molecule has 0 spiro atoms. The van der Waals surface area contributed by atoms with E-state index in [4.69, 9.17) is 5.73 Å². The summed E-state index contributed by atoms with van der Waals surface area (Å²) in [5.41, 5.74) is 7.72. The van der Waals surface area contributed by atoms with Crippen molar-refractivity contribution in [1.82, 2.24) is 4.90 Å². The summed E-state index contributed by atoms with van der Waals surface area (Å²) in [7, 11) is 0. The van der Waals surface area contributed by atoms with Gasteiger partial charge in [0.2, 0.25) is 0 Å². The third-order valence-corrected chi connectivity index (χ3v) is 4.96. The van der Waals surface area contributed by atoms with Crippen LogP contribution in [-0.4, -0.2) is 43.2 Å². The summed E-state index contributed by atoms with van der Waals surface area (Å²) >= 11 is 0. The van der Waals surface area contributed by atoms with Crippen LogP contribution in [0.5, 0.6) is 0 Å². The molecule has 116 valence electrons. The van der Waals surface area contributed by atoms with E-state index in [1.54, 1.807) is 6.07 Å². The molecule has 21 heavy (non-hydrogen) atoms. The molecule has 3 nitrogen and oxygen atoms in total. The minimum Gasteiger partial charge on any atom is -0.366 e. The lowest BCUT2D eigenvalue weighted by Crippen LogP contribution is -2.50. The first-order valence-corrected chi connectivity index (χ1v) is 8.20. The first-order valence-electron chi connectivity index (χ1n) is 8.20. The number of nitrogens with two attached hydrogens (primary N) is 1. The average molecular weight is 291 g/mol. The summed E-state index contributed by atoms with van der Waals surface area (Å²) in [5.74, 6) is -0.0951. The molecule has 0 bridgehead atoms. The number of piperazine rings is 1. The smallest absolute Gasteiger partial charge is 0.146 e. The van der Waals surface area contributed by atoms with Crippen LogP contribution in [0.1, 0.15) is 31.7 Å². The van der Waals surface area contributed by atoms with Crippen LogP contribution in [0.4, 0.5) is 10.1 Å². The lowest BCUT2D eigenvalue weighted by atomic mass is 10.0. The maximum Gasteiger partial charge on any atom is 0.146 e. The van der Waals surface area contributed by atoms with Gasteiger partial charge in [0.25, 0.3) is 0 Å². The summed E-state index contributed by atoms with van der Waals surface area (Å²) in [5, 5.41) is 0. The zero-order valence-corrected chi connectivity index (χ0v) is 12.9. The van der Waals surface area contributed by atoms with Crippen LogP contribution in [-0.2, 0) is 6.42 Å². The predicted molar refractivity (Wildman–Crippen MR) is 85.2 cm³/mol. The zero-order valence-electron chi connectivity index (χ0n) is 12.9. The lowest BCUT2D eigenvalue weighted by molar-refractivity contribution is 0.230. The second kappa shape index (κ2) is 6.32. The van der Waals surface area contributed by atoms with Gasteiger partial charge < -0.3 is 10.6 Å². The molecule has 2 atom stereocenters. The molecule has 2 N–H and O–H groups in total.